The van der Waals surface area contributed by atoms with Crippen LogP contribution in [0.1, 0.15) is 0 Å². The van der Waals surface area contributed by atoms with Gasteiger partial charge in [0, 0.05) is 37.9 Å². The highest BCUT2D eigenvalue weighted by Gasteiger charge is 2.29. The summed E-state index contributed by atoms with van der Waals surface area (Å²) >= 11 is 6.03. The molecule has 0 aliphatic carbocycles. The summed E-state index contributed by atoms with van der Waals surface area (Å²) in [5.41, 5.74) is 0.889. The van der Waals surface area contributed by atoms with Crippen molar-refractivity contribution in [1.29, 1.82) is 0 Å². The molecule has 1 aliphatic heterocycles. The topological polar surface area (TPSA) is 60.9 Å². The van der Waals surface area contributed by atoms with Crippen molar-refractivity contribution in [3.8, 4) is 5.75 Å². The number of sulfonamides is 1. The van der Waals surface area contributed by atoms with Crippen LogP contribution in [-0.2, 0) is 10.0 Å². The minimum absolute atomic E-state index is 0.146. The van der Waals surface area contributed by atoms with Crippen LogP contribution in [0.15, 0.2) is 53.4 Å². The Kier molecular flexibility index (Phi) is 4.48. The van der Waals surface area contributed by atoms with Gasteiger partial charge in [0.15, 0.2) is 0 Å². The molecule has 3 rings (SSSR count). The van der Waals surface area contributed by atoms with Gasteiger partial charge in [-0.05, 0) is 24.3 Å². The zero-order valence-corrected chi connectivity index (χ0v) is 14.0. The molecule has 0 saturated carbocycles. The van der Waals surface area contributed by atoms with Crippen molar-refractivity contribution in [3.63, 3.8) is 0 Å². The zero-order valence-electron chi connectivity index (χ0n) is 12.4. The lowest BCUT2D eigenvalue weighted by atomic mass is 10.2. The Morgan fingerprint density at radius 1 is 0.957 bits per heavy atom. The summed E-state index contributed by atoms with van der Waals surface area (Å²) in [4.78, 5) is 2.20. The Hall–Kier alpha value is -1.76. The van der Waals surface area contributed by atoms with Gasteiger partial charge in [-0.25, -0.2) is 8.42 Å². The summed E-state index contributed by atoms with van der Waals surface area (Å²) in [5, 5.41) is 9.80. The maximum atomic E-state index is 12.7. The molecule has 0 aromatic heterocycles. The summed E-state index contributed by atoms with van der Waals surface area (Å²) in [7, 11) is -3.58. The molecule has 0 unspecified atom stereocenters. The number of benzene rings is 2. The molecule has 0 radical (unpaired) electrons. The third-order valence-electron chi connectivity index (χ3n) is 3.89. The van der Waals surface area contributed by atoms with Crippen molar-refractivity contribution in [2.24, 2.45) is 0 Å². The van der Waals surface area contributed by atoms with Crippen LogP contribution in [0.5, 0.6) is 5.75 Å². The minimum Gasteiger partial charge on any atom is -0.508 e. The molecule has 1 heterocycles. The molecule has 2 aromatic carbocycles. The molecule has 5 nitrogen and oxygen atoms in total. The minimum atomic E-state index is -3.58. The number of halogens is 1. The number of phenolic OH excluding ortho intramolecular Hbond substituents is 1. The third kappa shape index (κ3) is 3.29. The normalized spacial score (nSPS) is 16.5. The summed E-state index contributed by atoms with van der Waals surface area (Å²) in [5.74, 6) is 0.202. The molecule has 2 aromatic rings. The van der Waals surface area contributed by atoms with Crippen LogP contribution in [-0.4, -0.2) is 44.0 Å². The Balaban J connectivity index is 1.75. The van der Waals surface area contributed by atoms with E-state index in [1.165, 1.54) is 10.4 Å². The van der Waals surface area contributed by atoms with Crippen molar-refractivity contribution >= 4 is 27.3 Å². The van der Waals surface area contributed by atoms with Crippen LogP contribution >= 0.6 is 11.6 Å². The molecular formula is C16H17ClN2O3S. The molecule has 1 saturated heterocycles. The molecule has 0 atom stereocenters. The zero-order chi connectivity index (χ0) is 16.4. The average Bonchev–Trinajstić information content (AvgIpc) is 2.55. The lowest BCUT2D eigenvalue weighted by Gasteiger charge is -2.35. The van der Waals surface area contributed by atoms with Gasteiger partial charge in [-0.1, -0.05) is 29.8 Å². The van der Waals surface area contributed by atoms with Gasteiger partial charge in [0.25, 0.3) is 0 Å². The number of nitrogens with zero attached hydrogens (tertiary/aromatic N) is 2. The predicted octanol–water partition coefficient (Wildman–Crippen LogP) is 2.56. The van der Waals surface area contributed by atoms with Crippen molar-refractivity contribution in [1.82, 2.24) is 4.31 Å². The Bertz CT molecular complexity index is 802. The van der Waals surface area contributed by atoms with Gasteiger partial charge in [0.1, 0.15) is 10.6 Å². The summed E-state index contributed by atoms with van der Waals surface area (Å²) in [6, 6.07) is 13.5. The highest BCUT2D eigenvalue weighted by atomic mass is 35.5. The smallest absolute Gasteiger partial charge is 0.244 e. The van der Waals surface area contributed by atoms with Gasteiger partial charge in [-0.2, -0.15) is 4.31 Å². The van der Waals surface area contributed by atoms with Crippen molar-refractivity contribution in [3.05, 3.63) is 53.6 Å². The quantitative estimate of drug-likeness (QED) is 0.922. The molecule has 23 heavy (non-hydrogen) atoms. The van der Waals surface area contributed by atoms with E-state index in [9.17, 15) is 13.5 Å². The molecule has 1 fully saturated rings. The number of aromatic hydroxyl groups is 1. The fraction of sp³-hybridized carbons (Fsp3) is 0.250. The van der Waals surface area contributed by atoms with Crippen molar-refractivity contribution in [2.45, 2.75) is 4.90 Å². The molecule has 7 heteroatoms. The van der Waals surface area contributed by atoms with E-state index >= 15 is 0 Å². The largest absolute Gasteiger partial charge is 0.508 e. The summed E-state index contributed by atoms with van der Waals surface area (Å²) < 4.78 is 26.8. The molecule has 0 amide bonds. The monoisotopic (exact) mass is 352 g/mol. The number of anilines is 1. The van der Waals surface area contributed by atoms with Crippen LogP contribution in [0.25, 0.3) is 0 Å². The molecular weight excluding hydrogens is 336 g/mol. The summed E-state index contributed by atoms with van der Waals surface area (Å²) in [6.07, 6.45) is 0. The molecule has 1 N–H and O–H groups in total. The highest BCUT2D eigenvalue weighted by molar-refractivity contribution is 7.89. The second kappa shape index (κ2) is 6.39. The first-order chi connectivity index (χ1) is 11.0. The van der Waals surface area contributed by atoms with Crippen LogP contribution in [0.3, 0.4) is 0 Å². The predicted molar refractivity (Wildman–Crippen MR) is 90.5 cm³/mol. The maximum absolute atomic E-state index is 12.7. The maximum Gasteiger partial charge on any atom is 0.244 e. The van der Waals surface area contributed by atoms with E-state index in [1.54, 1.807) is 36.4 Å². The van der Waals surface area contributed by atoms with Crippen LogP contribution in [0.2, 0.25) is 5.02 Å². The van der Waals surface area contributed by atoms with E-state index < -0.39 is 10.0 Å². The van der Waals surface area contributed by atoms with Gasteiger partial charge < -0.3 is 10.0 Å². The van der Waals surface area contributed by atoms with E-state index in [0.29, 0.717) is 26.2 Å². The first kappa shape index (κ1) is 16.1. The van der Waals surface area contributed by atoms with E-state index in [2.05, 4.69) is 4.90 Å². The Morgan fingerprint density at radius 3 is 2.30 bits per heavy atom. The second-order valence-electron chi connectivity index (χ2n) is 5.34. The lowest BCUT2D eigenvalue weighted by Crippen LogP contribution is -2.48. The third-order valence-corrected chi connectivity index (χ3v) is 6.29. The average molecular weight is 353 g/mol. The fourth-order valence-corrected chi connectivity index (χ4v) is 4.58. The van der Waals surface area contributed by atoms with Crippen molar-refractivity contribution in [2.75, 3.05) is 31.1 Å². The summed E-state index contributed by atoms with van der Waals surface area (Å²) in [6.45, 7) is 1.88. The SMILES string of the molecule is O=S(=O)(c1ccccc1Cl)N1CCN(c2cccc(O)c2)CC1. The lowest BCUT2D eigenvalue weighted by molar-refractivity contribution is 0.384. The molecule has 1 aliphatic rings. The first-order valence-corrected chi connectivity index (χ1v) is 9.09. The van der Waals surface area contributed by atoms with E-state index in [1.807, 2.05) is 6.07 Å². The van der Waals surface area contributed by atoms with Gasteiger partial charge in [-0.3, -0.25) is 0 Å². The van der Waals surface area contributed by atoms with Crippen LogP contribution in [0, 0.1) is 0 Å². The first-order valence-electron chi connectivity index (χ1n) is 7.27. The number of piperazine rings is 1. The van der Waals surface area contributed by atoms with Gasteiger partial charge in [0.05, 0.1) is 5.02 Å². The highest BCUT2D eigenvalue weighted by Crippen LogP contribution is 2.26. The molecule has 122 valence electrons. The van der Waals surface area contributed by atoms with Crippen LogP contribution < -0.4 is 4.90 Å². The van der Waals surface area contributed by atoms with E-state index in [0.717, 1.165) is 5.69 Å². The Labute approximate surface area is 140 Å². The van der Waals surface area contributed by atoms with Crippen LogP contribution in [0.4, 0.5) is 5.69 Å². The number of rotatable bonds is 3. The van der Waals surface area contributed by atoms with Gasteiger partial charge in [-0.15, -0.1) is 0 Å². The number of phenols is 1. The standard InChI is InChI=1S/C16H17ClN2O3S/c17-15-6-1-2-7-16(15)23(21,22)19-10-8-18(9-11-19)13-4-3-5-14(20)12-13/h1-7,12,20H,8-11H2. The molecule has 0 spiro atoms. The second-order valence-corrected chi connectivity index (χ2v) is 7.65. The fourth-order valence-electron chi connectivity index (χ4n) is 2.67. The van der Waals surface area contributed by atoms with E-state index in [4.69, 9.17) is 11.6 Å². The molecule has 0 bridgehead atoms. The van der Waals surface area contributed by atoms with E-state index in [-0.39, 0.29) is 15.7 Å². The van der Waals surface area contributed by atoms with Crippen molar-refractivity contribution < 1.29 is 13.5 Å². The van der Waals surface area contributed by atoms with Gasteiger partial charge >= 0.3 is 0 Å². The number of hydrogen-bond acceptors (Lipinski definition) is 4. The van der Waals surface area contributed by atoms with Gasteiger partial charge in [0.2, 0.25) is 10.0 Å². The number of hydrogen-bond donors (Lipinski definition) is 1. The Morgan fingerprint density at radius 2 is 1.65 bits per heavy atom.